The summed E-state index contributed by atoms with van der Waals surface area (Å²) in [5.41, 5.74) is 2.27. The van der Waals surface area contributed by atoms with Gasteiger partial charge in [0.2, 0.25) is 0 Å². The minimum atomic E-state index is 0.653. The molecule has 1 heterocycles. The summed E-state index contributed by atoms with van der Waals surface area (Å²) in [5.74, 6) is 6.55. The normalized spacial score (nSPS) is 15.2. The molecule has 2 heteroatoms. The van der Waals surface area contributed by atoms with Crippen LogP contribution in [-0.2, 0) is 0 Å². The van der Waals surface area contributed by atoms with Crippen LogP contribution in [0.5, 0.6) is 0 Å². The number of rotatable bonds is 3. The molecular weight excluding hydrogens is 256 g/mol. The summed E-state index contributed by atoms with van der Waals surface area (Å²) in [7, 11) is 0. The fourth-order valence-corrected chi connectivity index (χ4v) is 3.01. The first kappa shape index (κ1) is 13.8. The van der Waals surface area contributed by atoms with Crippen molar-refractivity contribution >= 4 is 5.69 Å². The van der Waals surface area contributed by atoms with Crippen LogP contribution in [0.25, 0.3) is 0 Å². The van der Waals surface area contributed by atoms with Crippen LogP contribution in [0.15, 0.2) is 48.7 Å². The van der Waals surface area contributed by atoms with Gasteiger partial charge in [-0.15, -0.1) is 0 Å². The highest BCUT2D eigenvalue weighted by Crippen LogP contribution is 2.29. The van der Waals surface area contributed by atoms with Gasteiger partial charge in [-0.1, -0.05) is 43.4 Å². The molecular formula is C19H22N2. The fourth-order valence-electron chi connectivity index (χ4n) is 3.01. The van der Waals surface area contributed by atoms with Crippen molar-refractivity contribution in [2.45, 2.75) is 38.1 Å². The summed E-state index contributed by atoms with van der Waals surface area (Å²) in [6.07, 6.45) is 8.87. The van der Waals surface area contributed by atoms with Crippen molar-refractivity contribution in [1.29, 1.82) is 0 Å². The Bertz CT molecular complexity index is 610. The lowest BCUT2D eigenvalue weighted by Gasteiger charge is -2.24. The van der Waals surface area contributed by atoms with Gasteiger partial charge in [0.1, 0.15) is 0 Å². The zero-order valence-electron chi connectivity index (χ0n) is 12.4. The number of para-hydroxylation sites is 1. The van der Waals surface area contributed by atoms with E-state index in [1.807, 2.05) is 18.2 Å². The predicted octanol–water partition coefficient (Wildman–Crippen LogP) is 4.46. The lowest BCUT2D eigenvalue weighted by atomic mass is 9.95. The van der Waals surface area contributed by atoms with E-state index in [4.69, 9.17) is 0 Å². The minimum Gasteiger partial charge on any atom is -0.374 e. The molecule has 3 rings (SSSR count). The summed E-state index contributed by atoms with van der Waals surface area (Å²) in [6.45, 7) is 0.680. The number of nitrogens with zero attached hydrogens (tertiary/aromatic N) is 1. The molecule has 1 N–H and O–H groups in total. The van der Waals surface area contributed by atoms with Crippen molar-refractivity contribution in [3.8, 4) is 11.8 Å². The monoisotopic (exact) mass is 278 g/mol. The zero-order valence-corrected chi connectivity index (χ0v) is 12.4. The molecule has 1 aromatic carbocycles. The van der Waals surface area contributed by atoms with E-state index < -0.39 is 0 Å². The van der Waals surface area contributed by atoms with E-state index in [2.05, 4.69) is 52.2 Å². The Morgan fingerprint density at radius 2 is 1.81 bits per heavy atom. The van der Waals surface area contributed by atoms with E-state index in [0.717, 1.165) is 11.4 Å². The van der Waals surface area contributed by atoms with Crippen LogP contribution in [0.1, 0.15) is 43.8 Å². The van der Waals surface area contributed by atoms with Crippen LogP contribution in [0, 0.1) is 11.8 Å². The van der Waals surface area contributed by atoms with Crippen LogP contribution in [0.4, 0.5) is 5.69 Å². The van der Waals surface area contributed by atoms with Gasteiger partial charge >= 0.3 is 0 Å². The van der Waals surface area contributed by atoms with Crippen LogP contribution < -0.4 is 5.32 Å². The first-order chi connectivity index (χ1) is 10.4. The molecule has 0 aliphatic heterocycles. The van der Waals surface area contributed by atoms with E-state index in [1.165, 1.54) is 32.1 Å². The van der Waals surface area contributed by atoms with Crippen molar-refractivity contribution in [1.82, 2.24) is 4.57 Å². The number of nitrogens with one attached hydrogen (secondary N) is 1. The molecule has 0 unspecified atom stereocenters. The average molecular weight is 278 g/mol. The minimum absolute atomic E-state index is 0.653. The topological polar surface area (TPSA) is 17.0 Å². The third kappa shape index (κ3) is 3.70. The molecule has 21 heavy (non-hydrogen) atoms. The molecule has 2 nitrogen and oxygen atoms in total. The van der Waals surface area contributed by atoms with Crippen molar-refractivity contribution in [2.24, 2.45) is 0 Å². The van der Waals surface area contributed by atoms with Crippen molar-refractivity contribution < 1.29 is 0 Å². The van der Waals surface area contributed by atoms with Crippen LogP contribution in [0.2, 0.25) is 0 Å². The summed E-state index contributed by atoms with van der Waals surface area (Å²) < 4.78 is 2.37. The molecule has 1 saturated carbocycles. The van der Waals surface area contributed by atoms with E-state index in [9.17, 15) is 0 Å². The number of hydrogen-bond donors (Lipinski definition) is 1. The van der Waals surface area contributed by atoms with E-state index in [-0.39, 0.29) is 0 Å². The molecule has 0 amide bonds. The number of anilines is 1. The molecule has 108 valence electrons. The molecule has 1 aliphatic rings. The number of hydrogen-bond acceptors (Lipinski definition) is 1. The van der Waals surface area contributed by atoms with Crippen molar-refractivity contribution in [2.75, 3.05) is 11.9 Å². The standard InChI is InChI=1S/C19H22N2/c1-3-9-17(10-4-1)20-15-7-13-19-14-8-16-21(19)18-11-5-2-6-12-18/h1,3-4,8-10,14,16,18,20H,2,5-6,11-12,15H2. The summed E-state index contributed by atoms with van der Waals surface area (Å²) in [5, 5.41) is 3.32. The van der Waals surface area contributed by atoms with Crippen molar-refractivity contribution in [3.63, 3.8) is 0 Å². The highest BCUT2D eigenvalue weighted by atomic mass is 15.0. The van der Waals surface area contributed by atoms with Gasteiger partial charge in [0.05, 0.1) is 12.2 Å². The Morgan fingerprint density at radius 1 is 1.00 bits per heavy atom. The van der Waals surface area contributed by atoms with Crippen LogP contribution in [-0.4, -0.2) is 11.1 Å². The van der Waals surface area contributed by atoms with Gasteiger partial charge < -0.3 is 9.88 Å². The molecule has 0 radical (unpaired) electrons. The van der Waals surface area contributed by atoms with E-state index in [1.54, 1.807) is 0 Å². The van der Waals surface area contributed by atoms with E-state index in [0.29, 0.717) is 12.6 Å². The number of benzene rings is 1. The molecule has 1 aromatic heterocycles. The fraction of sp³-hybridized carbons (Fsp3) is 0.368. The molecule has 2 aromatic rings. The van der Waals surface area contributed by atoms with Crippen molar-refractivity contribution in [3.05, 3.63) is 54.4 Å². The summed E-state index contributed by atoms with van der Waals surface area (Å²) in [6, 6.07) is 15.1. The zero-order chi connectivity index (χ0) is 14.3. The molecule has 0 bridgehead atoms. The van der Waals surface area contributed by atoms with E-state index >= 15 is 0 Å². The summed E-state index contributed by atoms with van der Waals surface area (Å²) in [4.78, 5) is 0. The smallest absolute Gasteiger partial charge is 0.0922 e. The summed E-state index contributed by atoms with van der Waals surface area (Å²) >= 11 is 0. The quantitative estimate of drug-likeness (QED) is 0.820. The van der Waals surface area contributed by atoms with Gasteiger partial charge in [-0.05, 0) is 43.0 Å². The SMILES string of the molecule is C(#Cc1cccn1C1CCCCC1)CNc1ccccc1. The predicted molar refractivity (Wildman–Crippen MR) is 88.4 cm³/mol. The Kier molecular flexibility index (Phi) is 4.63. The Labute approximate surface area is 127 Å². The first-order valence-corrected chi connectivity index (χ1v) is 7.88. The second kappa shape index (κ2) is 7.04. The van der Waals surface area contributed by atoms with Gasteiger partial charge in [0.15, 0.2) is 0 Å². The van der Waals surface area contributed by atoms with Gasteiger partial charge in [-0.2, -0.15) is 0 Å². The second-order valence-corrected chi connectivity index (χ2v) is 5.61. The second-order valence-electron chi connectivity index (χ2n) is 5.61. The first-order valence-electron chi connectivity index (χ1n) is 7.88. The molecule has 0 atom stereocenters. The third-order valence-electron chi connectivity index (χ3n) is 4.12. The maximum atomic E-state index is 3.32. The Balaban J connectivity index is 1.61. The van der Waals surface area contributed by atoms with Crippen LogP contribution >= 0.6 is 0 Å². The molecule has 1 aliphatic carbocycles. The van der Waals surface area contributed by atoms with Gasteiger partial charge in [-0.25, -0.2) is 0 Å². The molecule has 0 saturated heterocycles. The maximum Gasteiger partial charge on any atom is 0.0922 e. The molecule has 0 spiro atoms. The number of aromatic nitrogens is 1. The maximum absolute atomic E-state index is 3.32. The van der Waals surface area contributed by atoms with Crippen LogP contribution in [0.3, 0.4) is 0 Å². The third-order valence-corrected chi connectivity index (χ3v) is 4.12. The largest absolute Gasteiger partial charge is 0.374 e. The van der Waals surface area contributed by atoms with Gasteiger partial charge in [0.25, 0.3) is 0 Å². The Morgan fingerprint density at radius 3 is 2.62 bits per heavy atom. The Hall–Kier alpha value is -2.14. The lowest BCUT2D eigenvalue weighted by molar-refractivity contribution is 0.352. The van der Waals surface area contributed by atoms with Gasteiger partial charge in [0, 0.05) is 17.9 Å². The van der Waals surface area contributed by atoms with Gasteiger partial charge in [-0.3, -0.25) is 0 Å². The average Bonchev–Trinajstić information content (AvgIpc) is 3.02. The highest BCUT2D eigenvalue weighted by Gasteiger charge is 2.15. The lowest BCUT2D eigenvalue weighted by Crippen LogP contribution is -2.13. The molecule has 1 fully saturated rings. The highest BCUT2D eigenvalue weighted by molar-refractivity contribution is 5.44.